The Kier molecular flexibility index (Phi) is 6.56. The second-order valence-electron chi connectivity index (χ2n) is 6.57. The van der Waals surface area contributed by atoms with Gasteiger partial charge in [-0.05, 0) is 30.7 Å². The molecular formula is C21H21ClN4O3S. The van der Waals surface area contributed by atoms with Gasteiger partial charge in [-0.1, -0.05) is 47.6 Å². The number of rotatable bonds is 9. The number of thioether (sulfide) groups is 1. The Morgan fingerprint density at radius 3 is 2.70 bits per heavy atom. The first-order valence-electron chi connectivity index (χ1n) is 9.56. The van der Waals surface area contributed by atoms with Crippen LogP contribution in [0.5, 0.6) is 5.75 Å². The summed E-state index contributed by atoms with van der Waals surface area (Å²) in [5.41, 5.74) is 0.722. The lowest BCUT2D eigenvalue weighted by Crippen LogP contribution is -2.24. The highest BCUT2D eigenvalue weighted by Crippen LogP contribution is 2.25. The van der Waals surface area contributed by atoms with Crippen LogP contribution in [-0.4, -0.2) is 45.2 Å². The summed E-state index contributed by atoms with van der Waals surface area (Å²) in [6.45, 7) is 1.55. The van der Waals surface area contributed by atoms with Crippen LogP contribution in [0.2, 0.25) is 5.02 Å². The van der Waals surface area contributed by atoms with E-state index in [0.717, 1.165) is 5.52 Å². The number of benzene rings is 2. The third kappa shape index (κ3) is 4.16. The summed E-state index contributed by atoms with van der Waals surface area (Å²) in [5.74, 6) is 1.84. The smallest absolute Gasteiger partial charge is 0.262 e. The second kappa shape index (κ2) is 9.51. The average Bonchev–Trinajstić information content (AvgIpc) is 3.19. The molecule has 0 aliphatic rings. The molecule has 2 aromatic heterocycles. The zero-order valence-corrected chi connectivity index (χ0v) is 18.0. The van der Waals surface area contributed by atoms with E-state index < -0.39 is 0 Å². The molecule has 0 amide bonds. The minimum Gasteiger partial charge on any atom is -0.491 e. The Hall–Kier alpha value is -2.55. The maximum atomic E-state index is 13.0. The average molecular weight is 445 g/mol. The number of methoxy groups -OCH3 is 1. The summed E-state index contributed by atoms with van der Waals surface area (Å²) in [7, 11) is 1.65. The van der Waals surface area contributed by atoms with Crippen LogP contribution < -0.4 is 10.3 Å². The summed E-state index contributed by atoms with van der Waals surface area (Å²) in [5, 5.41) is 10.6. The van der Waals surface area contributed by atoms with Crippen molar-refractivity contribution in [3.8, 4) is 5.75 Å². The monoisotopic (exact) mass is 444 g/mol. The molecule has 0 fully saturated rings. The number of ether oxygens (including phenoxy) is 2. The summed E-state index contributed by atoms with van der Waals surface area (Å²) in [4.78, 5) is 13.0. The van der Waals surface area contributed by atoms with Gasteiger partial charge in [0.15, 0.2) is 5.16 Å². The summed E-state index contributed by atoms with van der Waals surface area (Å²) < 4.78 is 14.5. The summed E-state index contributed by atoms with van der Waals surface area (Å²) >= 11 is 7.65. The molecule has 4 aromatic rings. The van der Waals surface area contributed by atoms with Crippen LogP contribution >= 0.6 is 23.4 Å². The fourth-order valence-corrected chi connectivity index (χ4v) is 4.19. The molecule has 0 N–H and O–H groups in total. The third-order valence-corrected chi connectivity index (χ3v) is 5.82. The van der Waals surface area contributed by atoms with Gasteiger partial charge in [-0.2, -0.15) is 0 Å². The second-order valence-corrected chi connectivity index (χ2v) is 8.03. The van der Waals surface area contributed by atoms with Gasteiger partial charge in [0.1, 0.15) is 5.75 Å². The van der Waals surface area contributed by atoms with Crippen LogP contribution in [0.15, 0.2) is 58.5 Å². The Balaban J connectivity index is 1.61. The number of hydrogen-bond acceptors (Lipinski definition) is 6. The maximum absolute atomic E-state index is 13.0. The first kappa shape index (κ1) is 20.7. The minimum absolute atomic E-state index is 0.0693. The largest absolute Gasteiger partial charge is 0.491 e. The molecule has 0 atom stereocenters. The normalized spacial score (nSPS) is 11.4. The lowest BCUT2D eigenvalue weighted by molar-refractivity contribution is 0.190. The Morgan fingerprint density at radius 2 is 1.87 bits per heavy atom. The molecule has 0 unspecified atom stereocenters. The van der Waals surface area contributed by atoms with E-state index in [0.29, 0.717) is 59.0 Å². The van der Waals surface area contributed by atoms with Crippen LogP contribution in [0.3, 0.4) is 0 Å². The van der Waals surface area contributed by atoms with Crippen molar-refractivity contribution < 1.29 is 9.47 Å². The van der Waals surface area contributed by atoms with E-state index in [4.69, 9.17) is 21.1 Å². The maximum Gasteiger partial charge on any atom is 0.262 e. The van der Waals surface area contributed by atoms with Gasteiger partial charge in [-0.25, -0.2) is 0 Å². The topological polar surface area (TPSA) is 70.7 Å². The van der Waals surface area contributed by atoms with Gasteiger partial charge in [0.25, 0.3) is 5.56 Å². The lowest BCUT2D eigenvalue weighted by atomic mass is 10.2. The molecule has 0 aliphatic carbocycles. The van der Waals surface area contributed by atoms with Crippen LogP contribution in [0, 0.1) is 0 Å². The van der Waals surface area contributed by atoms with E-state index >= 15 is 0 Å². The number of aryl methyl sites for hydroxylation is 1. The minimum atomic E-state index is -0.0693. The fourth-order valence-electron chi connectivity index (χ4n) is 3.24. The van der Waals surface area contributed by atoms with Crippen molar-refractivity contribution in [1.82, 2.24) is 19.2 Å². The molecule has 0 aliphatic heterocycles. The van der Waals surface area contributed by atoms with Crippen LogP contribution in [0.25, 0.3) is 16.7 Å². The molecule has 7 nitrogen and oxygen atoms in total. The Labute approximate surface area is 182 Å². The molecule has 0 saturated heterocycles. The Bertz CT molecular complexity index is 1220. The van der Waals surface area contributed by atoms with Crippen molar-refractivity contribution >= 4 is 40.0 Å². The summed E-state index contributed by atoms with van der Waals surface area (Å²) in [6.07, 6.45) is 0.714. The number of aromatic nitrogens is 4. The van der Waals surface area contributed by atoms with Gasteiger partial charge < -0.3 is 9.47 Å². The molecule has 2 aromatic carbocycles. The van der Waals surface area contributed by atoms with E-state index in [1.54, 1.807) is 17.7 Å². The van der Waals surface area contributed by atoms with E-state index in [-0.39, 0.29) is 5.56 Å². The molecule has 0 bridgehead atoms. The van der Waals surface area contributed by atoms with Crippen LogP contribution in [0.1, 0.15) is 6.42 Å². The summed E-state index contributed by atoms with van der Waals surface area (Å²) in [6, 6.07) is 14.9. The number of fused-ring (bicyclic) bond motifs is 3. The van der Waals surface area contributed by atoms with Crippen LogP contribution in [-0.2, 0) is 11.3 Å². The molecule has 0 spiro atoms. The molecule has 156 valence electrons. The number of nitrogens with zero attached hydrogens (tertiary/aromatic N) is 4. The van der Waals surface area contributed by atoms with Crippen LogP contribution in [0.4, 0.5) is 0 Å². The quantitative estimate of drug-likeness (QED) is 0.288. The van der Waals surface area contributed by atoms with E-state index in [2.05, 4.69) is 10.2 Å². The standard InChI is InChI=1S/C21H21ClN4O3S/c1-28-12-6-11-25-19(27)15-7-2-4-9-17(15)26-20(25)23-24-21(26)30-14-13-29-18-10-5-3-8-16(18)22/h2-5,7-10H,6,11-14H2,1H3. The first-order chi connectivity index (χ1) is 14.7. The first-order valence-corrected chi connectivity index (χ1v) is 10.9. The van der Waals surface area contributed by atoms with Crippen molar-refractivity contribution in [3.05, 3.63) is 63.9 Å². The molecule has 0 saturated carbocycles. The highest BCUT2D eigenvalue weighted by atomic mass is 35.5. The van der Waals surface area contributed by atoms with Crippen molar-refractivity contribution in [1.29, 1.82) is 0 Å². The fraction of sp³-hybridized carbons (Fsp3) is 0.286. The SMILES string of the molecule is COCCCn1c(=O)c2ccccc2n2c(SCCOc3ccccc3Cl)nnc12. The third-order valence-electron chi connectivity index (χ3n) is 4.62. The van der Waals surface area contributed by atoms with Gasteiger partial charge in [0.05, 0.1) is 22.5 Å². The van der Waals surface area contributed by atoms with Gasteiger partial charge in [0, 0.05) is 26.0 Å². The zero-order valence-electron chi connectivity index (χ0n) is 16.5. The lowest BCUT2D eigenvalue weighted by Gasteiger charge is -2.11. The highest BCUT2D eigenvalue weighted by Gasteiger charge is 2.16. The molecular weight excluding hydrogens is 424 g/mol. The van der Waals surface area contributed by atoms with Gasteiger partial charge in [-0.3, -0.25) is 13.8 Å². The predicted molar refractivity (Wildman–Crippen MR) is 119 cm³/mol. The molecule has 9 heteroatoms. The number of halogens is 1. The number of para-hydroxylation sites is 2. The molecule has 30 heavy (non-hydrogen) atoms. The van der Waals surface area contributed by atoms with Crippen molar-refractivity contribution in [3.63, 3.8) is 0 Å². The number of hydrogen-bond donors (Lipinski definition) is 0. The van der Waals surface area contributed by atoms with Gasteiger partial charge in [-0.15, -0.1) is 10.2 Å². The van der Waals surface area contributed by atoms with Gasteiger partial charge >= 0.3 is 0 Å². The molecule has 0 radical (unpaired) electrons. The molecule has 4 rings (SSSR count). The van der Waals surface area contributed by atoms with E-state index in [1.165, 1.54) is 11.8 Å². The predicted octanol–water partition coefficient (Wildman–Crippen LogP) is 3.91. The zero-order chi connectivity index (χ0) is 20.9. The van der Waals surface area contributed by atoms with Crippen molar-refractivity contribution in [2.45, 2.75) is 18.1 Å². The highest BCUT2D eigenvalue weighted by molar-refractivity contribution is 7.99. The van der Waals surface area contributed by atoms with Gasteiger partial charge in [0.2, 0.25) is 5.78 Å². The Morgan fingerprint density at radius 1 is 1.07 bits per heavy atom. The van der Waals surface area contributed by atoms with E-state index in [1.807, 2.05) is 46.9 Å². The molecule has 2 heterocycles. The van der Waals surface area contributed by atoms with E-state index in [9.17, 15) is 4.79 Å². The van der Waals surface area contributed by atoms with Crippen molar-refractivity contribution in [2.75, 3.05) is 26.1 Å². The van der Waals surface area contributed by atoms with Crippen molar-refractivity contribution in [2.24, 2.45) is 0 Å².